The van der Waals surface area contributed by atoms with Crippen LogP contribution in [0, 0.1) is 0 Å². The molecule has 19 heavy (non-hydrogen) atoms. The molecule has 0 aromatic heterocycles. The standard InChI is InChI=1S/C16H28O3/c1-3-5-6-7-8-9-10-11-12-14-16(18)19-15(17)13-4-2/h4,13H,3,5-12,14H2,1-2H3. The van der Waals surface area contributed by atoms with Crippen molar-refractivity contribution in [3.8, 4) is 0 Å². The highest BCUT2D eigenvalue weighted by Crippen LogP contribution is 2.10. The summed E-state index contributed by atoms with van der Waals surface area (Å²) in [7, 11) is 0. The van der Waals surface area contributed by atoms with Crippen molar-refractivity contribution >= 4 is 11.9 Å². The Kier molecular flexibility index (Phi) is 12.5. The SMILES string of the molecule is CC=CC(=O)OC(=O)CCCCCCCCCCC. The minimum atomic E-state index is -0.566. The predicted octanol–water partition coefficient (Wildman–Crippen LogP) is 4.55. The lowest BCUT2D eigenvalue weighted by atomic mass is 10.1. The monoisotopic (exact) mass is 268 g/mol. The van der Waals surface area contributed by atoms with Crippen LogP contribution in [0.4, 0.5) is 0 Å². The molecule has 3 nitrogen and oxygen atoms in total. The van der Waals surface area contributed by atoms with Crippen molar-refractivity contribution in [3.63, 3.8) is 0 Å². The molecule has 0 saturated heterocycles. The van der Waals surface area contributed by atoms with Crippen molar-refractivity contribution in [1.82, 2.24) is 0 Å². The van der Waals surface area contributed by atoms with E-state index in [-0.39, 0.29) is 0 Å². The fourth-order valence-corrected chi connectivity index (χ4v) is 1.91. The number of unbranched alkanes of at least 4 members (excludes halogenated alkanes) is 8. The van der Waals surface area contributed by atoms with E-state index in [1.165, 1.54) is 51.0 Å². The van der Waals surface area contributed by atoms with Gasteiger partial charge < -0.3 is 4.74 Å². The summed E-state index contributed by atoms with van der Waals surface area (Å²) in [6.45, 7) is 3.94. The van der Waals surface area contributed by atoms with E-state index in [2.05, 4.69) is 11.7 Å². The Balaban J connectivity index is 3.30. The molecule has 0 aliphatic carbocycles. The van der Waals surface area contributed by atoms with Crippen molar-refractivity contribution in [2.24, 2.45) is 0 Å². The molecular weight excluding hydrogens is 240 g/mol. The van der Waals surface area contributed by atoms with Gasteiger partial charge in [0.2, 0.25) is 0 Å². The average Bonchev–Trinajstić information content (AvgIpc) is 2.37. The smallest absolute Gasteiger partial charge is 0.338 e. The average molecular weight is 268 g/mol. The summed E-state index contributed by atoms with van der Waals surface area (Å²) >= 11 is 0. The molecule has 0 N–H and O–H groups in total. The van der Waals surface area contributed by atoms with E-state index < -0.39 is 11.9 Å². The van der Waals surface area contributed by atoms with Gasteiger partial charge in [0.1, 0.15) is 0 Å². The number of allylic oxidation sites excluding steroid dienone is 1. The van der Waals surface area contributed by atoms with Gasteiger partial charge in [0.25, 0.3) is 0 Å². The van der Waals surface area contributed by atoms with Gasteiger partial charge in [-0.05, 0) is 13.3 Å². The van der Waals surface area contributed by atoms with Crippen LogP contribution in [-0.2, 0) is 14.3 Å². The van der Waals surface area contributed by atoms with Crippen LogP contribution in [0.5, 0.6) is 0 Å². The Morgan fingerprint density at radius 1 is 0.895 bits per heavy atom. The maximum absolute atomic E-state index is 11.3. The van der Waals surface area contributed by atoms with Gasteiger partial charge in [0, 0.05) is 12.5 Å². The highest BCUT2D eigenvalue weighted by atomic mass is 16.6. The van der Waals surface area contributed by atoms with Crippen molar-refractivity contribution in [1.29, 1.82) is 0 Å². The lowest BCUT2D eigenvalue weighted by Crippen LogP contribution is -2.09. The van der Waals surface area contributed by atoms with E-state index in [4.69, 9.17) is 0 Å². The summed E-state index contributed by atoms with van der Waals surface area (Å²) in [6.07, 6.45) is 14.0. The molecule has 0 aromatic carbocycles. The van der Waals surface area contributed by atoms with Gasteiger partial charge in [-0.2, -0.15) is 0 Å². The minimum absolute atomic E-state index is 0.346. The molecule has 0 saturated carbocycles. The molecule has 3 heteroatoms. The van der Waals surface area contributed by atoms with Crippen LogP contribution in [-0.4, -0.2) is 11.9 Å². The molecule has 110 valence electrons. The van der Waals surface area contributed by atoms with Crippen molar-refractivity contribution in [2.75, 3.05) is 0 Å². The second-order valence-corrected chi connectivity index (χ2v) is 4.87. The molecule has 0 fully saturated rings. The lowest BCUT2D eigenvalue weighted by molar-refractivity contribution is -0.156. The zero-order chi connectivity index (χ0) is 14.3. The van der Waals surface area contributed by atoms with Crippen LogP contribution in [0.15, 0.2) is 12.2 Å². The molecule has 0 unspecified atom stereocenters. The third-order valence-corrected chi connectivity index (χ3v) is 3.00. The number of rotatable bonds is 11. The fourth-order valence-electron chi connectivity index (χ4n) is 1.91. The molecule has 0 amide bonds. The van der Waals surface area contributed by atoms with Crippen LogP contribution >= 0.6 is 0 Å². The van der Waals surface area contributed by atoms with Crippen molar-refractivity contribution < 1.29 is 14.3 Å². The number of carbonyl (C=O) groups excluding carboxylic acids is 2. The number of carbonyl (C=O) groups is 2. The first-order valence-corrected chi connectivity index (χ1v) is 7.58. The maximum atomic E-state index is 11.3. The van der Waals surface area contributed by atoms with Gasteiger partial charge in [-0.25, -0.2) is 4.79 Å². The van der Waals surface area contributed by atoms with Crippen LogP contribution in [0.2, 0.25) is 0 Å². The Morgan fingerprint density at radius 3 is 1.95 bits per heavy atom. The number of esters is 2. The maximum Gasteiger partial charge on any atom is 0.338 e. The Bertz CT molecular complexity index is 269. The largest absolute Gasteiger partial charge is 0.390 e. The summed E-state index contributed by atoms with van der Waals surface area (Å²) < 4.78 is 4.60. The topological polar surface area (TPSA) is 43.4 Å². The van der Waals surface area contributed by atoms with Gasteiger partial charge in [-0.1, -0.05) is 64.4 Å². The number of hydrogen-bond donors (Lipinski definition) is 0. The molecule has 0 spiro atoms. The summed E-state index contributed by atoms with van der Waals surface area (Å²) in [6, 6.07) is 0. The Labute approximate surface area is 117 Å². The number of hydrogen-bond acceptors (Lipinski definition) is 3. The minimum Gasteiger partial charge on any atom is -0.390 e. The third kappa shape index (κ3) is 13.1. The van der Waals surface area contributed by atoms with E-state index in [9.17, 15) is 9.59 Å². The van der Waals surface area contributed by atoms with Crippen molar-refractivity contribution in [3.05, 3.63) is 12.2 Å². The summed E-state index contributed by atoms with van der Waals surface area (Å²) in [4.78, 5) is 22.2. The molecule has 0 atom stereocenters. The molecule has 0 rings (SSSR count). The van der Waals surface area contributed by atoms with Crippen LogP contribution in [0.1, 0.15) is 78.1 Å². The van der Waals surface area contributed by atoms with E-state index >= 15 is 0 Å². The zero-order valence-electron chi connectivity index (χ0n) is 12.5. The first kappa shape index (κ1) is 17.9. The molecule has 0 aromatic rings. The van der Waals surface area contributed by atoms with Crippen molar-refractivity contribution in [2.45, 2.75) is 78.1 Å². The first-order valence-electron chi connectivity index (χ1n) is 7.58. The molecule has 0 bridgehead atoms. The second kappa shape index (κ2) is 13.3. The molecule has 0 aliphatic rings. The molecule has 0 aliphatic heterocycles. The summed E-state index contributed by atoms with van der Waals surface area (Å²) in [5.41, 5.74) is 0. The predicted molar refractivity (Wildman–Crippen MR) is 77.8 cm³/mol. The van der Waals surface area contributed by atoms with Gasteiger partial charge in [0.05, 0.1) is 0 Å². The normalized spacial score (nSPS) is 10.8. The van der Waals surface area contributed by atoms with Crippen LogP contribution in [0.3, 0.4) is 0 Å². The van der Waals surface area contributed by atoms with E-state index in [1.54, 1.807) is 13.0 Å². The Hall–Kier alpha value is -1.12. The summed E-state index contributed by atoms with van der Waals surface area (Å²) in [5, 5.41) is 0. The highest BCUT2D eigenvalue weighted by molar-refractivity contribution is 5.91. The van der Waals surface area contributed by atoms with Gasteiger partial charge in [-0.3, -0.25) is 4.79 Å². The molecular formula is C16H28O3. The quantitative estimate of drug-likeness (QED) is 0.239. The highest BCUT2D eigenvalue weighted by Gasteiger charge is 2.06. The molecule has 0 heterocycles. The number of ether oxygens (including phenoxy) is 1. The first-order chi connectivity index (χ1) is 9.20. The Morgan fingerprint density at radius 2 is 1.42 bits per heavy atom. The zero-order valence-corrected chi connectivity index (χ0v) is 12.5. The fraction of sp³-hybridized carbons (Fsp3) is 0.750. The summed E-state index contributed by atoms with van der Waals surface area (Å²) in [5.74, 6) is -0.977. The van der Waals surface area contributed by atoms with Crippen LogP contribution < -0.4 is 0 Å². The van der Waals surface area contributed by atoms with E-state index in [0.717, 1.165) is 12.8 Å². The van der Waals surface area contributed by atoms with Gasteiger partial charge in [0.15, 0.2) is 0 Å². The van der Waals surface area contributed by atoms with Crippen LogP contribution in [0.25, 0.3) is 0 Å². The van der Waals surface area contributed by atoms with E-state index in [1.807, 2.05) is 0 Å². The van der Waals surface area contributed by atoms with Gasteiger partial charge >= 0.3 is 11.9 Å². The third-order valence-electron chi connectivity index (χ3n) is 3.00. The van der Waals surface area contributed by atoms with E-state index in [0.29, 0.717) is 6.42 Å². The van der Waals surface area contributed by atoms with Gasteiger partial charge in [-0.15, -0.1) is 0 Å². The lowest BCUT2D eigenvalue weighted by Gasteiger charge is -2.02. The molecule has 0 radical (unpaired) electrons. The second-order valence-electron chi connectivity index (χ2n) is 4.87.